The number of hydrogen-bond donors (Lipinski definition) is 1. The van der Waals surface area contributed by atoms with Crippen LogP contribution in [0.4, 0.5) is 10.1 Å². The summed E-state index contributed by atoms with van der Waals surface area (Å²) >= 11 is 3.30. The van der Waals surface area contributed by atoms with Gasteiger partial charge >= 0.3 is 0 Å². The van der Waals surface area contributed by atoms with E-state index in [1.165, 1.54) is 18.2 Å². The molecule has 1 amide bonds. The molecule has 0 aliphatic rings. The number of halogens is 2. The van der Waals surface area contributed by atoms with Crippen molar-refractivity contribution in [3.63, 3.8) is 0 Å². The van der Waals surface area contributed by atoms with Gasteiger partial charge in [0.1, 0.15) is 11.6 Å². The molecule has 2 aromatic rings. The monoisotopic (exact) mass is 355 g/mol. The van der Waals surface area contributed by atoms with E-state index >= 15 is 0 Å². The van der Waals surface area contributed by atoms with Crippen LogP contribution in [-0.2, 0) is 15.6 Å². The van der Waals surface area contributed by atoms with Crippen molar-refractivity contribution in [1.82, 2.24) is 0 Å². The van der Waals surface area contributed by atoms with Gasteiger partial charge in [0.2, 0.25) is 5.91 Å². The molecule has 0 bridgehead atoms. The Morgan fingerprint density at radius 3 is 2.50 bits per heavy atom. The largest absolute Gasteiger partial charge is 0.324 e. The van der Waals surface area contributed by atoms with Crippen LogP contribution in [0.25, 0.3) is 0 Å². The van der Waals surface area contributed by atoms with Crippen molar-refractivity contribution >= 4 is 38.3 Å². The molecule has 0 aliphatic heterocycles. The minimum absolute atomic E-state index is 0.0368. The van der Waals surface area contributed by atoms with E-state index in [1.54, 1.807) is 24.3 Å². The molecule has 2 aromatic carbocycles. The lowest BCUT2D eigenvalue weighted by Gasteiger charge is -2.07. The van der Waals surface area contributed by atoms with E-state index < -0.39 is 22.5 Å². The Labute approximate surface area is 126 Å². The maximum Gasteiger partial charge on any atom is 0.237 e. The van der Waals surface area contributed by atoms with Gasteiger partial charge in [-0.1, -0.05) is 24.3 Å². The highest BCUT2D eigenvalue weighted by Gasteiger charge is 2.14. The summed E-state index contributed by atoms with van der Waals surface area (Å²) in [5, 5.41) is 2.63. The maximum atomic E-state index is 13.4. The molecule has 0 heterocycles. The fraction of sp³-hybridized carbons (Fsp3) is 0.0714. The van der Waals surface area contributed by atoms with E-state index in [4.69, 9.17) is 0 Å². The van der Waals surface area contributed by atoms with Crippen LogP contribution in [0.1, 0.15) is 0 Å². The standard InChI is InChI=1S/C14H11BrFNO2S/c15-10-5-1-3-7-12(10)17-14(18)9-20(19)13-8-4-2-6-11(13)16/h1-8H,9H2,(H,17,18). The first-order chi connectivity index (χ1) is 9.58. The van der Waals surface area contributed by atoms with Gasteiger partial charge in [-0.15, -0.1) is 0 Å². The lowest BCUT2D eigenvalue weighted by molar-refractivity contribution is -0.113. The average Bonchev–Trinajstić information content (AvgIpc) is 2.41. The Bertz CT molecular complexity index is 663. The summed E-state index contributed by atoms with van der Waals surface area (Å²) in [6, 6.07) is 12.8. The second kappa shape index (κ2) is 6.76. The number of anilines is 1. The van der Waals surface area contributed by atoms with Crippen LogP contribution in [0, 0.1) is 5.82 Å². The molecule has 20 heavy (non-hydrogen) atoms. The number of amides is 1. The van der Waals surface area contributed by atoms with Crippen molar-refractivity contribution in [3.05, 3.63) is 58.8 Å². The van der Waals surface area contributed by atoms with Gasteiger partial charge in [0, 0.05) is 4.47 Å². The number of hydrogen-bond acceptors (Lipinski definition) is 2. The molecule has 3 nitrogen and oxygen atoms in total. The van der Waals surface area contributed by atoms with Crippen molar-refractivity contribution < 1.29 is 13.4 Å². The van der Waals surface area contributed by atoms with Gasteiger partial charge in [0.05, 0.1) is 21.4 Å². The van der Waals surface area contributed by atoms with Crippen molar-refractivity contribution in [2.75, 3.05) is 11.1 Å². The Balaban J connectivity index is 2.04. The Morgan fingerprint density at radius 2 is 1.80 bits per heavy atom. The van der Waals surface area contributed by atoms with Crippen molar-refractivity contribution in [1.29, 1.82) is 0 Å². The summed E-state index contributed by atoms with van der Waals surface area (Å²) in [4.78, 5) is 11.8. The Hall–Kier alpha value is -1.53. The zero-order valence-electron chi connectivity index (χ0n) is 10.3. The number of nitrogens with one attached hydrogen (secondary N) is 1. The number of carbonyl (C=O) groups is 1. The molecule has 2 rings (SSSR count). The molecule has 1 N–H and O–H groups in total. The second-order valence-corrected chi connectivity index (χ2v) is 6.22. The van der Waals surface area contributed by atoms with Gasteiger partial charge in [-0.25, -0.2) is 4.39 Å². The number of rotatable bonds is 4. The molecular formula is C14H11BrFNO2S. The van der Waals surface area contributed by atoms with E-state index in [0.717, 1.165) is 4.47 Å². The predicted molar refractivity (Wildman–Crippen MR) is 80.4 cm³/mol. The number of carbonyl (C=O) groups excluding carboxylic acids is 1. The summed E-state index contributed by atoms with van der Waals surface area (Å²) in [5.74, 6) is -1.29. The van der Waals surface area contributed by atoms with E-state index in [1.807, 2.05) is 6.07 Å². The highest BCUT2D eigenvalue weighted by atomic mass is 79.9. The molecule has 0 aromatic heterocycles. The molecule has 104 valence electrons. The molecule has 1 unspecified atom stereocenters. The molecule has 0 saturated heterocycles. The van der Waals surface area contributed by atoms with Crippen LogP contribution in [0.2, 0.25) is 0 Å². The second-order valence-electron chi connectivity index (χ2n) is 3.95. The summed E-state index contributed by atoms with van der Waals surface area (Å²) in [6.07, 6.45) is 0. The van der Waals surface area contributed by atoms with Gasteiger partial charge in [0.25, 0.3) is 0 Å². The molecule has 0 radical (unpaired) electrons. The van der Waals surface area contributed by atoms with Crippen molar-refractivity contribution in [2.24, 2.45) is 0 Å². The van der Waals surface area contributed by atoms with Gasteiger partial charge in [-0.2, -0.15) is 0 Å². The maximum absolute atomic E-state index is 13.4. The average molecular weight is 356 g/mol. The predicted octanol–water partition coefficient (Wildman–Crippen LogP) is 3.33. The van der Waals surface area contributed by atoms with Crippen LogP contribution in [0.15, 0.2) is 57.9 Å². The first kappa shape index (κ1) is 14.9. The van der Waals surface area contributed by atoms with Gasteiger partial charge < -0.3 is 5.32 Å². The van der Waals surface area contributed by atoms with Crippen LogP contribution in [0.3, 0.4) is 0 Å². The highest BCUT2D eigenvalue weighted by Crippen LogP contribution is 2.21. The minimum atomic E-state index is -1.71. The lowest BCUT2D eigenvalue weighted by Crippen LogP contribution is -2.20. The zero-order chi connectivity index (χ0) is 14.5. The Morgan fingerprint density at radius 1 is 1.15 bits per heavy atom. The SMILES string of the molecule is O=C(CS(=O)c1ccccc1F)Nc1ccccc1Br. The molecule has 0 fully saturated rings. The summed E-state index contributed by atoms with van der Waals surface area (Å²) in [7, 11) is -1.71. The smallest absolute Gasteiger partial charge is 0.237 e. The minimum Gasteiger partial charge on any atom is -0.324 e. The lowest BCUT2D eigenvalue weighted by atomic mass is 10.3. The molecule has 0 saturated carbocycles. The van der Waals surface area contributed by atoms with Crippen LogP contribution in [0.5, 0.6) is 0 Å². The molecule has 0 aliphatic carbocycles. The zero-order valence-corrected chi connectivity index (χ0v) is 12.7. The number of benzene rings is 2. The first-order valence-electron chi connectivity index (χ1n) is 5.75. The highest BCUT2D eigenvalue weighted by molar-refractivity contribution is 9.10. The van der Waals surface area contributed by atoms with E-state index in [0.29, 0.717) is 5.69 Å². The van der Waals surface area contributed by atoms with Gasteiger partial charge in [-0.3, -0.25) is 9.00 Å². The quantitative estimate of drug-likeness (QED) is 0.914. The third kappa shape index (κ3) is 3.74. The molecule has 0 spiro atoms. The van der Waals surface area contributed by atoms with E-state index in [2.05, 4.69) is 21.2 Å². The normalized spacial score (nSPS) is 11.9. The molecule has 6 heteroatoms. The van der Waals surface area contributed by atoms with Crippen LogP contribution >= 0.6 is 15.9 Å². The van der Waals surface area contributed by atoms with E-state index in [-0.39, 0.29) is 10.6 Å². The third-order valence-electron chi connectivity index (χ3n) is 2.49. The summed E-state index contributed by atoms with van der Waals surface area (Å²) < 4.78 is 26.1. The van der Waals surface area contributed by atoms with Gasteiger partial charge in [-0.05, 0) is 40.2 Å². The van der Waals surface area contributed by atoms with Crippen molar-refractivity contribution in [2.45, 2.75) is 4.90 Å². The Kier molecular flexibility index (Phi) is 5.03. The van der Waals surface area contributed by atoms with Gasteiger partial charge in [0.15, 0.2) is 0 Å². The first-order valence-corrected chi connectivity index (χ1v) is 7.86. The van der Waals surface area contributed by atoms with Crippen LogP contribution in [-0.4, -0.2) is 15.9 Å². The fourth-order valence-electron chi connectivity index (χ4n) is 1.58. The molecule has 1 atom stereocenters. The van der Waals surface area contributed by atoms with E-state index in [9.17, 15) is 13.4 Å². The fourth-order valence-corrected chi connectivity index (χ4v) is 2.94. The van der Waals surface area contributed by atoms with Crippen LogP contribution < -0.4 is 5.32 Å². The van der Waals surface area contributed by atoms with Crippen molar-refractivity contribution in [3.8, 4) is 0 Å². The third-order valence-corrected chi connectivity index (χ3v) is 4.53. The number of para-hydroxylation sites is 1. The summed E-state index contributed by atoms with van der Waals surface area (Å²) in [6.45, 7) is 0. The molecular weight excluding hydrogens is 345 g/mol. The summed E-state index contributed by atoms with van der Waals surface area (Å²) in [5.41, 5.74) is 0.586. The topological polar surface area (TPSA) is 46.2 Å².